The lowest BCUT2D eigenvalue weighted by molar-refractivity contribution is -0.134. The highest BCUT2D eigenvalue weighted by molar-refractivity contribution is 5.87. The number of hydrogen-bond donors (Lipinski definition) is 2. The van der Waals surface area contributed by atoms with Crippen molar-refractivity contribution in [2.24, 2.45) is 11.7 Å². The average Bonchev–Trinajstić information content (AvgIpc) is 2.59. The minimum Gasteiger partial charge on any atom is -0.353 e. The molecule has 3 N–H and O–H groups in total. The van der Waals surface area contributed by atoms with Crippen molar-refractivity contribution in [1.29, 1.82) is 0 Å². The lowest BCUT2D eigenvalue weighted by atomic mass is 9.97. The quantitative estimate of drug-likeness (QED) is 0.840. The summed E-state index contributed by atoms with van der Waals surface area (Å²) in [5, 5.41) is 2.59. The summed E-state index contributed by atoms with van der Waals surface area (Å²) in [6.45, 7) is 6.62. The summed E-state index contributed by atoms with van der Waals surface area (Å²) in [5.41, 5.74) is 5.21. The number of pyridine rings is 1. The monoisotopic (exact) mass is 319 g/mol. The van der Waals surface area contributed by atoms with Crippen LogP contribution in [0.5, 0.6) is 0 Å². The Labute approximate surface area is 136 Å². The van der Waals surface area contributed by atoms with Crippen molar-refractivity contribution in [3.63, 3.8) is 0 Å². The molecule has 1 aromatic heterocycles. The number of carbonyl (C=O) groups is 2. The minimum atomic E-state index is -0.657. The Morgan fingerprint density at radius 3 is 2.52 bits per heavy atom. The smallest absolute Gasteiger partial charge is 0.312 e. The van der Waals surface area contributed by atoms with Gasteiger partial charge in [-0.15, -0.1) is 0 Å². The lowest BCUT2D eigenvalue weighted by Crippen LogP contribution is -2.57. The van der Waals surface area contributed by atoms with Crippen LogP contribution in [0.3, 0.4) is 0 Å². The number of primary amides is 1. The molecule has 1 aliphatic rings. The normalized spacial score (nSPS) is 17.5. The molecule has 1 aliphatic heterocycles. The Morgan fingerprint density at radius 1 is 1.30 bits per heavy atom. The van der Waals surface area contributed by atoms with E-state index in [1.165, 1.54) is 0 Å². The first-order chi connectivity index (χ1) is 11.0. The van der Waals surface area contributed by atoms with Crippen molar-refractivity contribution >= 4 is 17.8 Å². The van der Waals surface area contributed by atoms with Gasteiger partial charge < -0.3 is 20.9 Å². The number of anilines is 1. The van der Waals surface area contributed by atoms with Crippen LogP contribution in [0.15, 0.2) is 24.4 Å². The van der Waals surface area contributed by atoms with Crippen molar-refractivity contribution in [1.82, 2.24) is 15.2 Å². The van der Waals surface area contributed by atoms with E-state index in [2.05, 4.69) is 15.2 Å². The lowest BCUT2D eigenvalue weighted by Gasteiger charge is -2.37. The number of hydrogen-bond acceptors (Lipinski definition) is 4. The Morgan fingerprint density at radius 2 is 2.00 bits per heavy atom. The van der Waals surface area contributed by atoms with Crippen molar-refractivity contribution in [3.05, 3.63) is 24.4 Å². The highest BCUT2D eigenvalue weighted by atomic mass is 16.2. The molecular formula is C16H25N5O2. The molecule has 0 saturated carbocycles. The van der Waals surface area contributed by atoms with E-state index < -0.39 is 12.1 Å². The van der Waals surface area contributed by atoms with Gasteiger partial charge in [-0.1, -0.05) is 26.3 Å². The van der Waals surface area contributed by atoms with Gasteiger partial charge in [0.2, 0.25) is 5.91 Å². The number of nitrogens with two attached hydrogens (primary N) is 1. The second kappa shape index (κ2) is 7.80. The van der Waals surface area contributed by atoms with Crippen LogP contribution in [-0.2, 0) is 4.79 Å². The third-order valence-corrected chi connectivity index (χ3v) is 4.34. The maximum Gasteiger partial charge on any atom is 0.312 e. The first-order valence-electron chi connectivity index (χ1n) is 8.03. The van der Waals surface area contributed by atoms with Crippen LogP contribution >= 0.6 is 0 Å². The van der Waals surface area contributed by atoms with E-state index in [0.29, 0.717) is 13.1 Å². The Balaban J connectivity index is 1.97. The van der Waals surface area contributed by atoms with Gasteiger partial charge in [-0.25, -0.2) is 9.78 Å². The first-order valence-corrected chi connectivity index (χ1v) is 8.03. The van der Waals surface area contributed by atoms with Crippen LogP contribution in [0.4, 0.5) is 10.6 Å². The number of rotatable bonds is 5. The molecule has 126 valence electrons. The molecule has 1 aromatic rings. The van der Waals surface area contributed by atoms with Crippen LogP contribution in [0.2, 0.25) is 0 Å². The minimum absolute atomic E-state index is 0.0452. The van der Waals surface area contributed by atoms with Crippen molar-refractivity contribution < 1.29 is 9.59 Å². The van der Waals surface area contributed by atoms with E-state index in [4.69, 9.17) is 5.73 Å². The predicted octanol–water partition coefficient (Wildman–Crippen LogP) is 0.813. The predicted molar refractivity (Wildman–Crippen MR) is 89.0 cm³/mol. The van der Waals surface area contributed by atoms with E-state index in [0.717, 1.165) is 25.3 Å². The van der Waals surface area contributed by atoms with E-state index >= 15 is 0 Å². The Bertz CT molecular complexity index is 529. The fourth-order valence-corrected chi connectivity index (χ4v) is 2.73. The highest BCUT2D eigenvalue weighted by Gasteiger charge is 2.31. The molecule has 1 saturated heterocycles. The maximum absolute atomic E-state index is 12.7. The van der Waals surface area contributed by atoms with Crippen molar-refractivity contribution in [3.8, 4) is 0 Å². The molecule has 2 atom stereocenters. The van der Waals surface area contributed by atoms with Gasteiger partial charge in [0.05, 0.1) is 0 Å². The number of aromatic nitrogens is 1. The number of carbonyl (C=O) groups excluding carboxylic acids is 2. The van der Waals surface area contributed by atoms with Gasteiger partial charge in [0.25, 0.3) is 0 Å². The molecule has 0 bridgehead atoms. The molecular weight excluding hydrogens is 294 g/mol. The van der Waals surface area contributed by atoms with Crippen molar-refractivity contribution in [2.45, 2.75) is 26.3 Å². The van der Waals surface area contributed by atoms with E-state index in [1.807, 2.05) is 32.0 Å². The van der Waals surface area contributed by atoms with Gasteiger partial charge in [0.1, 0.15) is 11.9 Å². The van der Waals surface area contributed by atoms with Crippen LogP contribution < -0.4 is 16.0 Å². The van der Waals surface area contributed by atoms with Crippen LogP contribution in [0, 0.1) is 5.92 Å². The standard InChI is InChI=1S/C16H25N5O2/c1-3-12(2)14(19-16(17)23)15(22)21-10-8-20(9-11-21)13-6-4-5-7-18-13/h4-7,12,14H,3,8-11H2,1-2H3,(H3,17,19,23)/t12-,14-/m0/s1. The molecule has 0 unspecified atom stereocenters. The van der Waals surface area contributed by atoms with E-state index in [-0.39, 0.29) is 11.8 Å². The van der Waals surface area contributed by atoms with E-state index in [9.17, 15) is 9.59 Å². The summed E-state index contributed by atoms with van der Waals surface area (Å²) < 4.78 is 0. The molecule has 2 rings (SSSR count). The zero-order chi connectivity index (χ0) is 16.8. The van der Waals surface area contributed by atoms with Gasteiger partial charge in [0.15, 0.2) is 0 Å². The number of amides is 3. The molecule has 23 heavy (non-hydrogen) atoms. The molecule has 7 nitrogen and oxygen atoms in total. The number of nitrogens with one attached hydrogen (secondary N) is 1. The molecule has 0 aromatic carbocycles. The first kappa shape index (κ1) is 17.1. The third-order valence-electron chi connectivity index (χ3n) is 4.34. The second-order valence-corrected chi connectivity index (χ2v) is 5.87. The summed E-state index contributed by atoms with van der Waals surface area (Å²) in [7, 11) is 0. The largest absolute Gasteiger partial charge is 0.353 e. The van der Waals surface area contributed by atoms with Crippen LogP contribution in [-0.4, -0.2) is 54.0 Å². The fourth-order valence-electron chi connectivity index (χ4n) is 2.73. The van der Waals surface area contributed by atoms with Crippen LogP contribution in [0.1, 0.15) is 20.3 Å². The number of nitrogens with zero attached hydrogens (tertiary/aromatic N) is 3. The third kappa shape index (κ3) is 4.34. The van der Waals surface area contributed by atoms with Gasteiger partial charge in [0, 0.05) is 32.4 Å². The van der Waals surface area contributed by atoms with Gasteiger partial charge in [-0.05, 0) is 18.1 Å². The molecule has 0 spiro atoms. The molecule has 0 aliphatic carbocycles. The number of piperazine rings is 1. The number of urea groups is 1. The summed E-state index contributed by atoms with van der Waals surface area (Å²) in [4.78, 5) is 32.2. The van der Waals surface area contributed by atoms with Crippen LogP contribution in [0.25, 0.3) is 0 Å². The SMILES string of the molecule is CC[C@H](C)[C@H](NC(N)=O)C(=O)N1CCN(c2ccccn2)CC1. The maximum atomic E-state index is 12.7. The summed E-state index contributed by atoms with van der Waals surface area (Å²) >= 11 is 0. The fraction of sp³-hybridized carbons (Fsp3) is 0.562. The van der Waals surface area contributed by atoms with Gasteiger partial charge >= 0.3 is 6.03 Å². The summed E-state index contributed by atoms with van der Waals surface area (Å²) in [6.07, 6.45) is 2.56. The van der Waals surface area contributed by atoms with Crippen molar-refractivity contribution in [2.75, 3.05) is 31.1 Å². The zero-order valence-corrected chi connectivity index (χ0v) is 13.7. The summed E-state index contributed by atoms with van der Waals surface area (Å²) in [6, 6.07) is 4.59. The molecule has 3 amide bonds. The second-order valence-electron chi connectivity index (χ2n) is 5.87. The zero-order valence-electron chi connectivity index (χ0n) is 13.7. The van der Waals surface area contributed by atoms with Gasteiger partial charge in [-0.2, -0.15) is 0 Å². The summed E-state index contributed by atoms with van der Waals surface area (Å²) in [5.74, 6) is 0.913. The topological polar surface area (TPSA) is 91.6 Å². The molecule has 7 heteroatoms. The average molecular weight is 319 g/mol. The Hall–Kier alpha value is -2.31. The molecule has 1 fully saturated rings. The van der Waals surface area contributed by atoms with Gasteiger partial charge in [-0.3, -0.25) is 4.79 Å². The molecule has 2 heterocycles. The highest BCUT2D eigenvalue weighted by Crippen LogP contribution is 2.16. The van der Waals surface area contributed by atoms with E-state index in [1.54, 1.807) is 11.1 Å². The Kier molecular flexibility index (Phi) is 5.78. The molecule has 0 radical (unpaired) electrons.